The van der Waals surface area contributed by atoms with Crippen molar-refractivity contribution in [3.63, 3.8) is 0 Å². The van der Waals surface area contributed by atoms with Crippen LogP contribution < -0.4 is 4.90 Å². The predicted octanol–water partition coefficient (Wildman–Crippen LogP) is 2.37. The maximum atomic E-state index is 12.7. The molecule has 16 heavy (non-hydrogen) atoms. The molecule has 0 spiro atoms. The molecule has 4 heteroatoms. The highest BCUT2D eigenvalue weighted by molar-refractivity contribution is 5.70. The van der Waals surface area contributed by atoms with Gasteiger partial charge in [0.25, 0.3) is 0 Å². The van der Waals surface area contributed by atoms with E-state index in [0.717, 1.165) is 5.69 Å². The number of carbonyl (C=O) groups is 1. The molecule has 0 fully saturated rings. The van der Waals surface area contributed by atoms with Crippen LogP contribution in [0.5, 0.6) is 0 Å². The van der Waals surface area contributed by atoms with E-state index in [1.165, 1.54) is 12.1 Å². The average molecular weight is 225 g/mol. The highest BCUT2D eigenvalue weighted by Crippen LogP contribution is 2.16. The number of hydrogen-bond donors (Lipinski definition) is 1. The lowest BCUT2D eigenvalue weighted by Crippen LogP contribution is -2.31. The van der Waals surface area contributed by atoms with Gasteiger partial charge in [-0.25, -0.2) is 4.39 Å². The van der Waals surface area contributed by atoms with Crippen LogP contribution in [0.3, 0.4) is 0 Å². The Labute approximate surface area is 94.5 Å². The fraction of sp³-hybridized carbons (Fsp3) is 0.417. The van der Waals surface area contributed by atoms with Crippen LogP contribution in [0, 0.1) is 11.7 Å². The van der Waals surface area contributed by atoms with Gasteiger partial charge in [-0.15, -0.1) is 0 Å². The van der Waals surface area contributed by atoms with E-state index in [1.54, 1.807) is 19.1 Å². The molecule has 0 saturated carbocycles. The fourth-order valence-corrected chi connectivity index (χ4v) is 1.48. The summed E-state index contributed by atoms with van der Waals surface area (Å²) in [5, 5.41) is 8.83. The van der Waals surface area contributed by atoms with Crippen LogP contribution >= 0.6 is 0 Å². The minimum atomic E-state index is -0.819. The van der Waals surface area contributed by atoms with Crippen molar-refractivity contribution >= 4 is 11.7 Å². The molecule has 1 unspecified atom stereocenters. The lowest BCUT2D eigenvalue weighted by atomic mass is 10.1. The molecule has 0 aliphatic rings. The first kappa shape index (κ1) is 12.5. The zero-order chi connectivity index (χ0) is 12.1. The fourth-order valence-electron chi connectivity index (χ4n) is 1.48. The summed E-state index contributed by atoms with van der Waals surface area (Å²) in [4.78, 5) is 12.7. The molecule has 0 aliphatic carbocycles. The first-order valence-electron chi connectivity index (χ1n) is 5.28. The largest absolute Gasteiger partial charge is 0.481 e. The number of carboxylic acids is 1. The summed E-state index contributed by atoms with van der Waals surface area (Å²) >= 11 is 0. The summed E-state index contributed by atoms with van der Waals surface area (Å²) in [6, 6.07) is 6.08. The molecule has 0 amide bonds. The molecule has 1 atom stereocenters. The van der Waals surface area contributed by atoms with Gasteiger partial charge in [0.2, 0.25) is 0 Å². The minimum absolute atomic E-state index is 0.286. The van der Waals surface area contributed by atoms with E-state index in [-0.39, 0.29) is 5.82 Å². The first-order valence-corrected chi connectivity index (χ1v) is 5.28. The van der Waals surface area contributed by atoms with Gasteiger partial charge in [0.1, 0.15) is 5.82 Å². The third-order valence-corrected chi connectivity index (χ3v) is 2.49. The van der Waals surface area contributed by atoms with Gasteiger partial charge in [-0.05, 0) is 31.2 Å². The van der Waals surface area contributed by atoms with E-state index >= 15 is 0 Å². The Morgan fingerprint density at radius 1 is 1.44 bits per heavy atom. The first-order chi connectivity index (χ1) is 7.54. The lowest BCUT2D eigenvalue weighted by molar-refractivity contribution is -0.140. The van der Waals surface area contributed by atoms with Crippen LogP contribution in [0.2, 0.25) is 0 Å². The number of carboxylic acid groups (broad SMARTS) is 1. The van der Waals surface area contributed by atoms with Crippen molar-refractivity contribution in [3.8, 4) is 0 Å². The second-order valence-corrected chi connectivity index (χ2v) is 3.75. The molecule has 0 bridgehead atoms. The number of anilines is 1. The zero-order valence-corrected chi connectivity index (χ0v) is 9.48. The summed E-state index contributed by atoms with van der Waals surface area (Å²) in [7, 11) is 0. The molecular weight excluding hydrogens is 209 g/mol. The van der Waals surface area contributed by atoms with E-state index in [4.69, 9.17) is 5.11 Å². The molecule has 1 N–H and O–H groups in total. The summed E-state index contributed by atoms with van der Waals surface area (Å²) in [6.07, 6.45) is 0. The normalized spacial score (nSPS) is 12.2. The molecule has 0 aromatic heterocycles. The SMILES string of the molecule is CCN(CC(C)C(=O)O)c1ccc(F)cc1. The van der Waals surface area contributed by atoms with E-state index in [2.05, 4.69) is 0 Å². The van der Waals surface area contributed by atoms with Crippen LogP contribution in [0.15, 0.2) is 24.3 Å². The topological polar surface area (TPSA) is 40.5 Å². The third kappa shape index (κ3) is 3.22. The minimum Gasteiger partial charge on any atom is -0.481 e. The second-order valence-electron chi connectivity index (χ2n) is 3.75. The molecular formula is C12H16FNO2. The summed E-state index contributed by atoms with van der Waals surface area (Å²) in [5.41, 5.74) is 0.844. The van der Waals surface area contributed by atoms with Crippen molar-refractivity contribution in [2.24, 2.45) is 5.92 Å². The maximum Gasteiger partial charge on any atom is 0.308 e. The lowest BCUT2D eigenvalue weighted by Gasteiger charge is -2.24. The number of nitrogens with zero attached hydrogens (tertiary/aromatic N) is 1. The van der Waals surface area contributed by atoms with Crippen molar-refractivity contribution in [1.29, 1.82) is 0 Å². The molecule has 88 valence electrons. The standard InChI is InChI=1S/C12H16FNO2/c1-3-14(8-9(2)12(15)16)11-6-4-10(13)5-7-11/h4-7,9H,3,8H2,1-2H3,(H,15,16). The van der Waals surface area contributed by atoms with Gasteiger partial charge in [0.05, 0.1) is 5.92 Å². The van der Waals surface area contributed by atoms with Crippen LogP contribution in [-0.2, 0) is 4.79 Å². The Morgan fingerprint density at radius 2 is 2.00 bits per heavy atom. The van der Waals surface area contributed by atoms with Crippen LogP contribution in [0.4, 0.5) is 10.1 Å². The van der Waals surface area contributed by atoms with Gasteiger partial charge in [0.15, 0.2) is 0 Å². The smallest absolute Gasteiger partial charge is 0.308 e. The van der Waals surface area contributed by atoms with Crippen LogP contribution in [-0.4, -0.2) is 24.2 Å². The number of benzene rings is 1. The molecule has 0 aliphatic heterocycles. The molecule has 0 saturated heterocycles. The van der Waals surface area contributed by atoms with Crippen LogP contribution in [0.25, 0.3) is 0 Å². The van der Waals surface area contributed by atoms with Gasteiger partial charge < -0.3 is 10.0 Å². The number of rotatable bonds is 5. The number of hydrogen-bond acceptors (Lipinski definition) is 2. The van der Waals surface area contributed by atoms with Gasteiger partial charge in [-0.1, -0.05) is 6.92 Å². The van der Waals surface area contributed by atoms with Gasteiger partial charge in [0, 0.05) is 18.8 Å². The summed E-state index contributed by atoms with van der Waals surface area (Å²) in [6.45, 7) is 4.73. The molecule has 1 aromatic carbocycles. The zero-order valence-electron chi connectivity index (χ0n) is 9.48. The van der Waals surface area contributed by atoms with Crippen molar-refractivity contribution in [2.45, 2.75) is 13.8 Å². The van der Waals surface area contributed by atoms with Crippen molar-refractivity contribution < 1.29 is 14.3 Å². The summed E-state index contributed by atoms with van der Waals surface area (Å²) < 4.78 is 12.7. The molecule has 1 rings (SSSR count). The molecule has 0 heterocycles. The highest BCUT2D eigenvalue weighted by Gasteiger charge is 2.15. The highest BCUT2D eigenvalue weighted by atomic mass is 19.1. The third-order valence-electron chi connectivity index (χ3n) is 2.49. The monoisotopic (exact) mass is 225 g/mol. The van der Waals surface area contributed by atoms with E-state index in [0.29, 0.717) is 13.1 Å². The molecule has 0 radical (unpaired) electrons. The van der Waals surface area contributed by atoms with E-state index < -0.39 is 11.9 Å². The van der Waals surface area contributed by atoms with Gasteiger partial charge in [-0.2, -0.15) is 0 Å². The predicted molar refractivity (Wildman–Crippen MR) is 61.1 cm³/mol. The van der Waals surface area contributed by atoms with Crippen molar-refractivity contribution in [3.05, 3.63) is 30.1 Å². The van der Waals surface area contributed by atoms with E-state index in [9.17, 15) is 9.18 Å². The van der Waals surface area contributed by atoms with Gasteiger partial charge in [-0.3, -0.25) is 4.79 Å². The number of aliphatic carboxylic acids is 1. The number of halogens is 1. The quantitative estimate of drug-likeness (QED) is 0.836. The van der Waals surface area contributed by atoms with E-state index in [1.807, 2.05) is 11.8 Å². The van der Waals surface area contributed by atoms with Crippen molar-refractivity contribution in [1.82, 2.24) is 0 Å². The maximum absolute atomic E-state index is 12.7. The Morgan fingerprint density at radius 3 is 2.44 bits per heavy atom. The Balaban J connectivity index is 2.74. The Bertz CT molecular complexity index is 351. The Hall–Kier alpha value is -1.58. The van der Waals surface area contributed by atoms with Crippen LogP contribution in [0.1, 0.15) is 13.8 Å². The summed E-state index contributed by atoms with van der Waals surface area (Å²) in [5.74, 6) is -1.54. The van der Waals surface area contributed by atoms with Crippen molar-refractivity contribution in [2.75, 3.05) is 18.0 Å². The van der Waals surface area contributed by atoms with Gasteiger partial charge >= 0.3 is 5.97 Å². The molecule has 1 aromatic rings. The second kappa shape index (κ2) is 5.49. The Kier molecular flexibility index (Phi) is 4.28. The average Bonchev–Trinajstić information content (AvgIpc) is 2.26. The molecule has 3 nitrogen and oxygen atoms in total.